The van der Waals surface area contributed by atoms with Gasteiger partial charge in [0.15, 0.2) is 0 Å². The first-order valence-corrected chi connectivity index (χ1v) is 4.79. The molecular weight excluding hydrogens is 189 g/mol. The van der Waals surface area contributed by atoms with Gasteiger partial charge in [0.2, 0.25) is 0 Å². The summed E-state index contributed by atoms with van der Waals surface area (Å²) in [5, 5.41) is 0.439. The molecule has 0 saturated heterocycles. The normalized spacial score (nSPS) is 21.3. The maximum Gasteiger partial charge on any atom is 0.128 e. The first-order chi connectivity index (χ1) is 6.18. The molecule has 1 nitrogen and oxygen atoms in total. The minimum absolute atomic E-state index is 0.0445. The second-order valence-corrected chi connectivity index (χ2v) is 3.89. The molecule has 0 bridgehead atoms. The van der Waals surface area contributed by atoms with Crippen LogP contribution in [0.2, 0.25) is 5.02 Å². The van der Waals surface area contributed by atoms with E-state index in [0.717, 1.165) is 30.4 Å². The summed E-state index contributed by atoms with van der Waals surface area (Å²) in [5.74, 6) is -0.211. The van der Waals surface area contributed by atoms with Crippen molar-refractivity contribution in [3.05, 3.63) is 34.1 Å². The van der Waals surface area contributed by atoms with E-state index in [1.54, 1.807) is 6.07 Å². The van der Waals surface area contributed by atoms with Crippen LogP contribution in [0.25, 0.3) is 0 Å². The molecule has 0 amide bonds. The quantitative estimate of drug-likeness (QED) is 0.683. The van der Waals surface area contributed by atoms with Crippen LogP contribution in [-0.2, 0) is 6.42 Å². The predicted molar refractivity (Wildman–Crippen MR) is 51.3 cm³/mol. The summed E-state index contributed by atoms with van der Waals surface area (Å²) in [4.78, 5) is 0. The molecule has 1 unspecified atom stereocenters. The summed E-state index contributed by atoms with van der Waals surface area (Å²) in [7, 11) is 0. The molecule has 0 aromatic heterocycles. The summed E-state index contributed by atoms with van der Waals surface area (Å²) in [6.45, 7) is 0. The first kappa shape index (κ1) is 8.97. The van der Waals surface area contributed by atoms with Gasteiger partial charge < -0.3 is 5.73 Å². The third kappa shape index (κ3) is 1.56. The summed E-state index contributed by atoms with van der Waals surface area (Å²) in [6.07, 6.45) is 2.67. The maximum absolute atomic E-state index is 13.4. The highest BCUT2D eigenvalue weighted by molar-refractivity contribution is 6.30. The molecule has 2 rings (SSSR count). The summed E-state index contributed by atoms with van der Waals surface area (Å²) in [6, 6.07) is 3.10. The third-order valence-electron chi connectivity index (χ3n) is 2.54. The van der Waals surface area contributed by atoms with Gasteiger partial charge >= 0.3 is 0 Å². The van der Waals surface area contributed by atoms with E-state index in [9.17, 15) is 4.39 Å². The number of halogens is 2. The molecular formula is C10H11ClFN. The van der Waals surface area contributed by atoms with Gasteiger partial charge in [-0.05, 0) is 42.5 Å². The van der Waals surface area contributed by atoms with E-state index >= 15 is 0 Å². The zero-order chi connectivity index (χ0) is 9.42. The maximum atomic E-state index is 13.4. The lowest BCUT2D eigenvalue weighted by atomic mass is 9.88. The van der Waals surface area contributed by atoms with Crippen molar-refractivity contribution >= 4 is 11.6 Å². The number of hydrogen-bond acceptors (Lipinski definition) is 1. The molecule has 1 aliphatic carbocycles. The van der Waals surface area contributed by atoms with Crippen LogP contribution in [0.15, 0.2) is 12.1 Å². The second kappa shape index (κ2) is 3.28. The fourth-order valence-electron chi connectivity index (χ4n) is 1.87. The lowest BCUT2D eigenvalue weighted by Gasteiger charge is -2.22. The molecule has 0 heterocycles. The Morgan fingerprint density at radius 3 is 3.00 bits per heavy atom. The SMILES string of the molecule is NC1CCCc2c(F)cc(Cl)cc21. The van der Waals surface area contributed by atoms with Crippen LogP contribution in [0.5, 0.6) is 0 Å². The van der Waals surface area contributed by atoms with E-state index in [-0.39, 0.29) is 11.9 Å². The third-order valence-corrected chi connectivity index (χ3v) is 2.75. The fraction of sp³-hybridized carbons (Fsp3) is 0.400. The largest absolute Gasteiger partial charge is 0.324 e. The molecule has 0 spiro atoms. The molecule has 1 aliphatic rings. The van der Waals surface area contributed by atoms with Crippen molar-refractivity contribution in [2.45, 2.75) is 25.3 Å². The summed E-state index contributed by atoms with van der Waals surface area (Å²) in [5.41, 5.74) is 7.50. The van der Waals surface area contributed by atoms with Crippen molar-refractivity contribution in [3.8, 4) is 0 Å². The van der Waals surface area contributed by atoms with Gasteiger partial charge in [-0.25, -0.2) is 4.39 Å². The Balaban J connectivity index is 2.56. The Morgan fingerprint density at radius 2 is 2.23 bits per heavy atom. The highest BCUT2D eigenvalue weighted by Crippen LogP contribution is 2.31. The van der Waals surface area contributed by atoms with Crippen molar-refractivity contribution in [1.29, 1.82) is 0 Å². The van der Waals surface area contributed by atoms with Gasteiger partial charge in [0.25, 0.3) is 0 Å². The highest BCUT2D eigenvalue weighted by Gasteiger charge is 2.20. The lowest BCUT2D eigenvalue weighted by molar-refractivity contribution is 0.531. The zero-order valence-corrected chi connectivity index (χ0v) is 7.94. The Labute approximate surface area is 81.7 Å². The summed E-state index contributed by atoms with van der Waals surface area (Å²) < 4.78 is 13.4. The second-order valence-electron chi connectivity index (χ2n) is 3.45. The molecule has 3 heteroatoms. The summed E-state index contributed by atoms with van der Waals surface area (Å²) >= 11 is 5.75. The van der Waals surface area contributed by atoms with E-state index in [1.165, 1.54) is 6.07 Å². The smallest absolute Gasteiger partial charge is 0.128 e. The average Bonchev–Trinajstić information content (AvgIpc) is 2.07. The number of nitrogens with two attached hydrogens (primary N) is 1. The van der Waals surface area contributed by atoms with Crippen molar-refractivity contribution < 1.29 is 4.39 Å². The van der Waals surface area contributed by atoms with Gasteiger partial charge in [0, 0.05) is 11.1 Å². The van der Waals surface area contributed by atoms with Gasteiger partial charge in [-0.15, -0.1) is 0 Å². The zero-order valence-electron chi connectivity index (χ0n) is 7.19. The molecule has 0 aliphatic heterocycles. The Hall–Kier alpha value is -0.600. The molecule has 70 valence electrons. The Morgan fingerprint density at radius 1 is 1.46 bits per heavy atom. The Bertz CT molecular complexity index is 338. The van der Waals surface area contributed by atoms with Gasteiger partial charge in [0.05, 0.1) is 0 Å². The van der Waals surface area contributed by atoms with Gasteiger partial charge in [-0.3, -0.25) is 0 Å². The van der Waals surface area contributed by atoms with Gasteiger partial charge in [0.1, 0.15) is 5.82 Å². The van der Waals surface area contributed by atoms with Crippen LogP contribution in [0, 0.1) is 5.82 Å². The number of rotatable bonds is 0. The van der Waals surface area contributed by atoms with Crippen LogP contribution in [-0.4, -0.2) is 0 Å². The van der Waals surface area contributed by atoms with Crippen molar-refractivity contribution in [3.63, 3.8) is 0 Å². The Kier molecular flexibility index (Phi) is 2.26. The van der Waals surface area contributed by atoms with Crippen LogP contribution in [0.1, 0.15) is 30.0 Å². The van der Waals surface area contributed by atoms with Crippen molar-refractivity contribution in [2.24, 2.45) is 5.73 Å². The molecule has 13 heavy (non-hydrogen) atoms. The minimum atomic E-state index is -0.211. The van der Waals surface area contributed by atoms with E-state index < -0.39 is 0 Å². The van der Waals surface area contributed by atoms with E-state index in [1.807, 2.05) is 0 Å². The first-order valence-electron chi connectivity index (χ1n) is 4.42. The number of hydrogen-bond donors (Lipinski definition) is 1. The molecule has 0 radical (unpaired) electrons. The van der Waals surface area contributed by atoms with Crippen LogP contribution in [0.4, 0.5) is 4.39 Å². The molecule has 1 aromatic rings. The molecule has 0 saturated carbocycles. The minimum Gasteiger partial charge on any atom is -0.324 e. The van der Waals surface area contributed by atoms with Crippen LogP contribution >= 0.6 is 11.6 Å². The topological polar surface area (TPSA) is 26.0 Å². The average molecular weight is 200 g/mol. The van der Waals surface area contributed by atoms with E-state index in [2.05, 4.69) is 0 Å². The number of benzene rings is 1. The lowest BCUT2D eigenvalue weighted by Crippen LogP contribution is -2.18. The highest BCUT2D eigenvalue weighted by atomic mass is 35.5. The molecule has 2 N–H and O–H groups in total. The van der Waals surface area contributed by atoms with Gasteiger partial charge in [-0.1, -0.05) is 11.6 Å². The van der Waals surface area contributed by atoms with E-state index in [4.69, 9.17) is 17.3 Å². The molecule has 1 atom stereocenters. The standard InChI is InChI=1S/C10H11ClFN/c11-6-4-8-7(9(12)5-6)2-1-3-10(8)13/h4-5,10H,1-3,13H2. The molecule has 0 fully saturated rings. The van der Waals surface area contributed by atoms with E-state index in [0.29, 0.717) is 5.02 Å². The van der Waals surface area contributed by atoms with Gasteiger partial charge in [-0.2, -0.15) is 0 Å². The molecule has 1 aromatic carbocycles. The monoisotopic (exact) mass is 199 g/mol. The number of fused-ring (bicyclic) bond motifs is 1. The van der Waals surface area contributed by atoms with Crippen molar-refractivity contribution in [1.82, 2.24) is 0 Å². The van der Waals surface area contributed by atoms with Crippen LogP contribution < -0.4 is 5.73 Å². The fourth-order valence-corrected chi connectivity index (χ4v) is 2.09. The van der Waals surface area contributed by atoms with Crippen molar-refractivity contribution in [2.75, 3.05) is 0 Å². The van der Waals surface area contributed by atoms with Crippen LogP contribution in [0.3, 0.4) is 0 Å². The predicted octanol–water partition coefficient (Wildman–Crippen LogP) is 2.82.